The Labute approximate surface area is 199 Å². The molecule has 6 aromatic rings. The van der Waals surface area contributed by atoms with Crippen LogP contribution in [0.5, 0.6) is 6.01 Å². The summed E-state index contributed by atoms with van der Waals surface area (Å²) in [6.45, 7) is 1.97. The number of methoxy groups -OCH3 is 1. The van der Waals surface area contributed by atoms with E-state index in [0.29, 0.717) is 6.01 Å². The van der Waals surface area contributed by atoms with Crippen molar-refractivity contribution < 1.29 is 4.74 Å². The van der Waals surface area contributed by atoms with Gasteiger partial charge in [0, 0.05) is 29.0 Å². The molecule has 8 nitrogen and oxygen atoms in total. The van der Waals surface area contributed by atoms with E-state index in [0.717, 1.165) is 51.0 Å². The molecule has 0 saturated heterocycles. The number of nitrogens with zero attached hydrogens (tertiary/aromatic N) is 7. The second-order valence-corrected chi connectivity index (χ2v) is 8.40. The van der Waals surface area contributed by atoms with Crippen molar-refractivity contribution in [3.63, 3.8) is 0 Å². The third-order valence-corrected chi connectivity index (χ3v) is 6.11. The van der Waals surface area contributed by atoms with E-state index in [1.54, 1.807) is 24.6 Å². The molecule has 0 radical (unpaired) electrons. The molecule has 0 spiro atoms. The van der Waals surface area contributed by atoms with Gasteiger partial charge < -0.3 is 4.74 Å². The summed E-state index contributed by atoms with van der Waals surface area (Å²) >= 11 is 1.55. The number of benzene rings is 1. The van der Waals surface area contributed by atoms with E-state index >= 15 is 0 Å². The average molecular weight is 466 g/mol. The largest absolute Gasteiger partial charge is 0.468 e. The quantitative estimate of drug-likeness (QED) is 0.352. The molecular weight excluding hydrogens is 446 g/mol. The first-order valence-corrected chi connectivity index (χ1v) is 11.5. The van der Waals surface area contributed by atoms with Crippen LogP contribution >= 0.6 is 11.3 Å². The first-order valence-electron chi connectivity index (χ1n) is 10.6. The fourth-order valence-electron chi connectivity index (χ4n) is 3.87. The standard InChI is InChI=1S/C25H19N7OS/c1-16-5-8-19(12-27-16)31-13-21(22-14-34-15-28-22)29-23(31)17-6-9-18(10-7-17)32-24-20(4-3-11-26-24)30-25(32)33-2/h3-15H,1-2H3. The smallest absolute Gasteiger partial charge is 0.303 e. The van der Waals surface area contributed by atoms with Crippen molar-refractivity contribution in [1.29, 1.82) is 0 Å². The van der Waals surface area contributed by atoms with E-state index in [1.807, 2.05) is 87.9 Å². The number of ether oxygens (including phenoxy) is 1. The predicted octanol–water partition coefficient (Wildman–Crippen LogP) is 5.11. The number of hydrogen-bond acceptors (Lipinski definition) is 7. The van der Waals surface area contributed by atoms with Crippen molar-refractivity contribution in [1.82, 2.24) is 34.1 Å². The Morgan fingerprint density at radius 2 is 1.74 bits per heavy atom. The van der Waals surface area contributed by atoms with Crippen molar-refractivity contribution in [2.75, 3.05) is 7.11 Å². The number of hydrogen-bond donors (Lipinski definition) is 0. The maximum atomic E-state index is 5.51. The molecule has 0 unspecified atom stereocenters. The fraction of sp³-hybridized carbons (Fsp3) is 0.0800. The average Bonchev–Trinajstić information content (AvgIpc) is 3.62. The summed E-state index contributed by atoms with van der Waals surface area (Å²) in [5.41, 5.74) is 8.75. The van der Waals surface area contributed by atoms with Crippen LogP contribution in [0.1, 0.15) is 5.69 Å². The zero-order valence-corrected chi connectivity index (χ0v) is 19.3. The summed E-state index contributed by atoms with van der Waals surface area (Å²) in [4.78, 5) is 22.8. The maximum Gasteiger partial charge on any atom is 0.303 e. The molecule has 0 aliphatic heterocycles. The van der Waals surface area contributed by atoms with E-state index in [4.69, 9.17) is 9.72 Å². The zero-order valence-electron chi connectivity index (χ0n) is 18.5. The number of aromatic nitrogens is 7. The lowest BCUT2D eigenvalue weighted by molar-refractivity contribution is 0.375. The number of thiazole rings is 1. The highest BCUT2D eigenvalue weighted by Gasteiger charge is 2.17. The molecule has 166 valence electrons. The Bertz CT molecular complexity index is 1580. The van der Waals surface area contributed by atoms with Crippen LogP contribution in [-0.2, 0) is 0 Å². The summed E-state index contributed by atoms with van der Waals surface area (Å²) in [5, 5.41) is 2.00. The molecular formula is C25H19N7OS. The van der Waals surface area contributed by atoms with Gasteiger partial charge in [-0.1, -0.05) is 0 Å². The van der Waals surface area contributed by atoms with E-state index in [2.05, 4.69) is 19.9 Å². The van der Waals surface area contributed by atoms with Gasteiger partial charge in [0.05, 0.1) is 30.2 Å². The van der Waals surface area contributed by atoms with Gasteiger partial charge >= 0.3 is 6.01 Å². The minimum atomic E-state index is 0.486. The second kappa shape index (κ2) is 8.20. The molecule has 0 aliphatic carbocycles. The van der Waals surface area contributed by atoms with E-state index in [9.17, 15) is 0 Å². The molecule has 5 heterocycles. The van der Waals surface area contributed by atoms with Gasteiger partial charge in [0.15, 0.2) is 5.65 Å². The molecule has 0 saturated carbocycles. The van der Waals surface area contributed by atoms with Crippen molar-refractivity contribution in [2.24, 2.45) is 0 Å². The number of fused-ring (bicyclic) bond motifs is 1. The minimum Gasteiger partial charge on any atom is -0.468 e. The topological polar surface area (TPSA) is 83.5 Å². The van der Waals surface area contributed by atoms with Gasteiger partial charge in [-0.25, -0.2) is 19.5 Å². The third kappa shape index (κ3) is 3.43. The molecule has 9 heteroatoms. The van der Waals surface area contributed by atoms with Crippen LogP contribution in [0.15, 0.2) is 78.0 Å². The summed E-state index contributed by atoms with van der Waals surface area (Å²) in [6.07, 6.45) is 5.61. The van der Waals surface area contributed by atoms with Crippen LogP contribution in [0.25, 0.3) is 45.3 Å². The lowest BCUT2D eigenvalue weighted by Gasteiger charge is -2.10. The number of pyridine rings is 2. The van der Waals surface area contributed by atoms with Gasteiger partial charge in [0.2, 0.25) is 0 Å². The first-order chi connectivity index (χ1) is 16.7. The van der Waals surface area contributed by atoms with Crippen LogP contribution in [0.4, 0.5) is 0 Å². The van der Waals surface area contributed by atoms with Gasteiger partial charge in [-0.15, -0.1) is 11.3 Å². The maximum absolute atomic E-state index is 5.51. The van der Waals surface area contributed by atoms with Gasteiger partial charge in [0.1, 0.15) is 22.7 Å². The highest BCUT2D eigenvalue weighted by atomic mass is 32.1. The SMILES string of the molecule is COc1nc2cccnc2n1-c1ccc(-c2nc(-c3cscn3)cn2-c2ccc(C)nc2)cc1. The predicted molar refractivity (Wildman–Crippen MR) is 132 cm³/mol. The lowest BCUT2D eigenvalue weighted by Crippen LogP contribution is -2.00. The summed E-state index contributed by atoms with van der Waals surface area (Å²) in [5.74, 6) is 0.806. The molecule has 0 atom stereocenters. The van der Waals surface area contributed by atoms with Crippen molar-refractivity contribution >= 4 is 22.5 Å². The Hall–Kier alpha value is -4.37. The van der Waals surface area contributed by atoms with E-state index in [-0.39, 0.29) is 0 Å². The number of aryl methyl sites for hydroxylation is 1. The van der Waals surface area contributed by atoms with E-state index in [1.165, 1.54) is 0 Å². The van der Waals surface area contributed by atoms with Crippen LogP contribution in [0.3, 0.4) is 0 Å². The third-order valence-electron chi connectivity index (χ3n) is 5.53. The van der Waals surface area contributed by atoms with Crippen molar-refractivity contribution in [2.45, 2.75) is 6.92 Å². The summed E-state index contributed by atoms with van der Waals surface area (Å²) in [7, 11) is 1.61. The molecule has 0 amide bonds. The molecule has 1 aromatic carbocycles. The molecule has 34 heavy (non-hydrogen) atoms. The van der Waals surface area contributed by atoms with Crippen molar-refractivity contribution in [3.8, 4) is 40.2 Å². The highest BCUT2D eigenvalue weighted by Crippen LogP contribution is 2.30. The van der Waals surface area contributed by atoms with Crippen LogP contribution in [0.2, 0.25) is 0 Å². The van der Waals surface area contributed by atoms with Gasteiger partial charge in [-0.2, -0.15) is 4.98 Å². The minimum absolute atomic E-state index is 0.486. The molecule has 5 aromatic heterocycles. The van der Waals surface area contributed by atoms with Crippen LogP contribution < -0.4 is 4.74 Å². The normalized spacial score (nSPS) is 11.2. The zero-order chi connectivity index (χ0) is 23.1. The molecule has 0 aliphatic rings. The Morgan fingerprint density at radius 1 is 0.882 bits per heavy atom. The molecule has 0 bridgehead atoms. The monoisotopic (exact) mass is 465 g/mol. The van der Waals surface area contributed by atoms with E-state index < -0.39 is 0 Å². The highest BCUT2D eigenvalue weighted by molar-refractivity contribution is 7.07. The molecule has 6 rings (SSSR count). The number of imidazole rings is 2. The Balaban J connectivity index is 1.46. The summed E-state index contributed by atoms with van der Waals surface area (Å²) in [6, 6.07) is 16.4. The number of rotatable bonds is 5. The van der Waals surface area contributed by atoms with Gasteiger partial charge in [-0.05, 0) is 55.5 Å². The van der Waals surface area contributed by atoms with Gasteiger partial charge in [0.25, 0.3) is 0 Å². The van der Waals surface area contributed by atoms with Crippen LogP contribution in [0, 0.1) is 6.92 Å². The Kier molecular flexibility index (Phi) is 4.88. The van der Waals surface area contributed by atoms with Gasteiger partial charge in [-0.3, -0.25) is 9.55 Å². The van der Waals surface area contributed by atoms with Crippen LogP contribution in [-0.4, -0.2) is 41.2 Å². The molecule has 0 N–H and O–H groups in total. The second-order valence-electron chi connectivity index (χ2n) is 7.68. The lowest BCUT2D eigenvalue weighted by atomic mass is 10.2. The fourth-order valence-corrected chi connectivity index (χ4v) is 4.41. The Morgan fingerprint density at radius 3 is 2.47 bits per heavy atom. The van der Waals surface area contributed by atoms with Crippen molar-refractivity contribution in [3.05, 3.63) is 83.7 Å². The summed E-state index contributed by atoms with van der Waals surface area (Å²) < 4.78 is 9.46. The molecule has 0 fully saturated rings. The first kappa shape index (κ1) is 20.3.